The molecule has 1 N–H and O–H groups in total. The van der Waals surface area contributed by atoms with Crippen LogP contribution in [0.5, 0.6) is 0 Å². The van der Waals surface area contributed by atoms with Crippen molar-refractivity contribution in [3.8, 4) is 0 Å². The molecule has 1 aromatic heterocycles. The minimum Gasteiger partial charge on any atom is -0.313 e. The van der Waals surface area contributed by atoms with Crippen molar-refractivity contribution in [2.45, 2.75) is 36.0 Å². The van der Waals surface area contributed by atoms with Crippen LogP contribution in [-0.4, -0.2) is 18.4 Å². The normalized spacial score (nSPS) is 12.5. The predicted octanol–water partition coefficient (Wildman–Crippen LogP) is 3.71. The van der Waals surface area contributed by atoms with Crippen LogP contribution >= 0.6 is 11.6 Å². The molecule has 0 fully saturated rings. The van der Waals surface area contributed by atoms with Crippen LogP contribution in [0.3, 0.4) is 0 Å². The lowest BCUT2D eigenvalue weighted by Crippen LogP contribution is -2.12. The second-order valence-electron chi connectivity index (χ2n) is 6.81. The number of hydrogen-bond donors (Lipinski definition) is 1. The van der Waals surface area contributed by atoms with E-state index in [0.717, 1.165) is 5.56 Å². The fourth-order valence-electron chi connectivity index (χ4n) is 2.54. The number of hydrogen-bond acceptors (Lipinski definition) is 4. The lowest BCUT2D eigenvalue weighted by atomic mass is 9.87. The largest absolute Gasteiger partial charge is 0.313 e. The number of aromatic nitrogens is 2. The fourth-order valence-corrected chi connectivity index (χ4v) is 4.34. The molecule has 0 saturated carbocycles. The fraction of sp³-hybridized carbons (Fsp3) is 0.222. The molecule has 0 atom stereocenters. The van der Waals surface area contributed by atoms with Gasteiger partial charge in [0.2, 0.25) is 9.84 Å². The van der Waals surface area contributed by atoms with Crippen molar-refractivity contribution in [1.29, 1.82) is 0 Å². The number of rotatable bonds is 2. The Balaban J connectivity index is 2.17. The highest BCUT2D eigenvalue weighted by Crippen LogP contribution is 2.31. The lowest BCUT2D eigenvalue weighted by Gasteiger charge is -2.19. The molecule has 0 unspecified atom stereocenters. The smallest absolute Gasteiger partial charge is 0.258 e. The summed E-state index contributed by atoms with van der Waals surface area (Å²) < 4.78 is 25.9. The summed E-state index contributed by atoms with van der Waals surface area (Å²) in [5.74, 6) is 0. The Morgan fingerprint density at radius 1 is 1.08 bits per heavy atom. The van der Waals surface area contributed by atoms with Gasteiger partial charge in [-0.3, -0.25) is 4.79 Å². The first-order valence-corrected chi connectivity index (χ1v) is 9.49. The van der Waals surface area contributed by atoms with Gasteiger partial charge in [-0.2, -0.15) is 0 Å². The Hall–Kier alpha value is -2.18. The molecule has 0 aliphatic carbocycles. The first-order chi connectivity index (χ1) is 11.6. The van der Waals surface area contributed by atoms with Gasteiger partial charge in [0.1, 0.15) is 0 Å². The van der Waals surface area contributed by atoms with Crippen LogP contribution in [0.15, 0.2) is 57.3 Å². The number of H-pyrrole nitrogens is 1. The van der Waals surface area contributed by atoms with E-state index in [2.05, 4.69) is 30.7 Å². The predicted molar refractivity (Wildman–Crippen MR) is 98.0 cm³/mol. The summed E-state index contributed by atoms with van der Waals surface area (Å²) in [5.41, 5.74) is 0.871. The molecule has 1 heterocycles. The van der Waals surface area contributed by atoms with Crippen molar-refractivity contribution in [1.82, 2.24) is 9.97 Å². The molecule has 0 radical (unpaired) electrons. The summed E-state index contributed by atoms with van der Waals surface area (Å²) in [6.45, 7) is 6.15. The standard InChI is InChI=1S/C18H17ClN2O3S/c1-18(2,3)11-4-6-12(7-5-11)25(23,24)16-8-13-15(9-14(16)19)20-10-21-17(13)22/h4-10H,1-3H3,(H,20,21,22). The molecule has 3 rings (SSSR count). The summed E-state index contributed by atoms with van der Waals surface area (Å²) in [7, 11) is -3.85. The molecule has 0 amide bonds. The highest BCUT2D eigenvalue weighted by atomic mass is 35.5. The van der Waals surface area contributed by atoms with E-state index in [1.54, 1.807) is 24.3 Å². The van der Waals surface area contributed by atoms with Gasteiger partial charge in [0, 0.05) is 0 Å². The third-order valence-electron chi connectivity index (χ3n) is 4.01. The van der Waals surface area contributed by atoms with Crippen molar-refractivity contribution in [3.63, 3.8) is 0 Å². The molecule has 130 valence electrons. The van der Waals surface area contributed by atoms with Crippen LogP contribution in [0.4, 0.5) is 0 Å². The second kappa shape index (κ2) is 5.97. The molecule has 5 nitrogen and oxygen atoms in total. The average molecular weight is 377 g/mol. The topological polar surface area (TPSA) is 79.9 Å². The van der Waals surface area contributed by atoms with Gasteiger partial charge in [-0.05, 0) is 35.2 Å². The van der Waals surface area contributed by atoms with E-state index < -0.39 is 15.4 Å². The van der Waals surface area contributed by atoms with Crippen LogP contribution in [0.25, 0.3) is 10.9 Å². The van der Waals surface area contributed by atoms with E-state index in [1.807, 2.05) is 0 Å². The van der Waals surface area contributed by atoms with Crippen LogP contribution in [0, 0.1) is 0 Å². The minimum atomic E-state index is -3.85. The zero-order valence-corrected chi connectivity index (χ0v) is 15.6. The van der Waals surface area contributed by atoms with Crippen LogP contribution < -0.4 is 5.56 Å². The van der Waals surface area contributed by atoms with Crippen molar-refractivity contribution in [2.24, 2.45) is 0 Å². The number of nitrogens with zero attached hydrogens (tertiary/aromatic N) is 1. The number of sulfone groups is 1. The highest BCUT2D eigenvalue weighted by Gasteiger charge is 2.23. The monoisotopic (exact) mass is 376 g/mol. The quantitative estimate of drug-likeness (QED) is 0.739. The molecule has 0 saturated heterocycles. The van der Waals surface area contributed by atoms with Crippen LogP contribution in [0.2, 0.25) is 5.02 Å². The van der Waals surface area contributed by atoms with E-state index in [9.17, 15) is 13.2 Å². The Morgan fingerprint density at radius 3 is 2.32 bits per heavy atom. The SMILES string of the molecule is CC(C)(C)c1ccc(S(=O)(=O)c2cc3c(=O)[nH]cnc3cc2Cl)cc1. The first-order valence-electron chi connectivity index (χ1n) is 7.63. The maximum atomic E-state index is 13.0. The zero-order valence-electron chi connectivity index (χ0n) is 14.0. The first kappa shape index (κ1) is 17.6. The molecular weight excluding hydrogens is 360 g/mol. The molecular formula is C18H17ClN2O3S. The van der Waals surface area contributed by atoms with Crippen LogP contribution in [0.1, 0.15) is 26.3 Å². The van der Waals surface area contributed by atoms with Gasteiger partial charge in [-0.25, -0.2) is 13.4 Å². The molecule has 0 aliphatic heterocycles. The third kappa shape index (κ3) is 3.19. The molecule has 0 spiro atoms. The number of fused-ring (bicyclic) bond motifs is 1. The van der Waals surface area contributed by atoms with Crippen LogP contribution in [-0.2, 0) is 15.3 Å². The van der Waals surface area contributed by atoms with Gasteiger partial charge in [-0.15, -0.1) is 0 Å². The molecule has 0 aliphatic rings. The van der Waals surface area contributed by atoms with Gasteiger partial charge in [0.15, 0.2) is 0 Å². The number of nitrogens with one attached hydrogen (secondary N) is 1. The van der Waals surface area contributed by atoms with Crippen molar-refractivity contribution >= 4 is 32.3 Å². The average Bonchev–Trinajstić information content (AvgIpc) is 2.53. The summed E-state index contributed by atoms with van der Waals surface area (Å²) in [6, 6.07) is 9.36. The minimum absolute atomic E-state index is 0.0329. The number of halogens is 1. The van der Waals surface area contributed by atoms with E-state index in [0.29, 0.717) is 5.52 Å². The van der Waals surface area contributed by atoms with Gasteiger partial charge in [0.05, 0.1) is 32.0 Å². The second-order valence-corrected chi connectivity index (χ2v) is 9.13. The Labute approximate surface area is 150 Å². The van der Waals surface area contributed by atoms with Gasteiger partial charge >= 0.3 is 0 Å². The number of benzene rings is 2. The van der Waals surface area contributed by atoms with Crippen molar-refractivity contribution in [3.05, 3.63) is 63.7 Å². The number of aromatic amines is 1. The van der Waals surface area contributed by atoms with E-state index in [1.165, 1.54) is 18.5 Å². The summed E-state index contributed by atoms with van der Waals surface area (Å²) in [4.78, 5) is 18.4. The molecule has 7 heteroatoms. The maximum absolute atomic E-state index is 13.0. The van der Waals surface area contributed by atoms with Crippen molar-refractivity contribution < 1.29 is 8.42 Å². The van der Waals surface area contributed by atoms with Crippen molar-refractivity contribution in [2.75, 3.05) is 0 Å². The molecule has 2 aromatic carbocycles. The zero-order chi connectivity index (χ0) is 18.4. The van der Waals surface area contributed by atoms with Gasteiger partial charge in [0.25, 0.3) is 5.56 Å². The maximum Gasteiger partial charge on any atom is 0.258 e. The van der Waals surface area contributed by atoms with E-state index >= 15 is 0 Å². The van der Waals surface area contributed by atoms with E-state index in [-0.39, 0.29) is 25.6 Å². The lowest BCUT2D eigenvalue weighted by molar-refractivity contribution is 0.586. The highest BCUT2D eigenvalue weighted by molar-refractivity contribution is 7.91. The summed E-state index contributed by atoms with van der Waals surface area (Å²) in [6.07, 6.45) is 1.25. The molecule has 3 aromatic rings. The Kier molecular flexibility index (Phi) is 4.21. The Morgan fingerprint density at radius 2 is 1.72 bits per heavy atom. The van der Waals surface area contributed by atoms with Gasteiger partial charge < -0.3 is 4.98 Å². The Bertz CT molecular complexity index is 1110. The van der Waals surface area contributed by atoms with E-state index in [4.69, 9.17) is 11.6 Å². The summed E-state index contributed by atoms with van der Waals surface area (Å²) in [5, 5.41) is 0.210. The molecule has 25 heavy (non-hydrogen) atoms. The third-order valence-corrected chi connectivity index (χ3v) is 6.25. The summed E-state index contributed by atoms with van der Waals surface area (Å²) >= 11 is 6.16. The van der Waals surface area contributed by atoms with Gasteiger partial charge in [-0.1, -0.05) is 44.5 Å². The molecule has 0 bridgehead atoms.